The summed E-state index contributed by atoms with van der Waals surface area (Å²) >= 11 is 37.1. The van der Waals surface area contributed by atoms with E-state index in [1.165, 1.54) is 6.07 Å². The van der Waals surface area contributed by atoms with Crippen LogP contribution in [0.4, 0.5) is 0 Å². The first kappa shape index (κ1) is 19.9. The van der Waals surface area contributed by atoms with Crippen LogP contribution in [0.2, 0.25) is 30.1 Å². The summed E-state index contributed by atoms with van der Waals surface area (Å²) in [4.78, 5) is 0. The summed E-state index contributed by atoms with van der Waals surface area (Å²) in [5.41, 5.74) is 2.47. The zero-order chi connectivity index (χ0) is 19.0. The van der Waals surface area contributed by atoms with Crippen molar-refractivity contribution in [2.75, 3.05) is 0 Å². The molecule has 0 bridgehead atoms. The van der Waals surface area contributed by atoms with Crippen molar-refractivity contribution in [3.05, 3.63) is 83.7 Å². The molecule has 0 aromatic heterocycles. The number of halogens is 6. The molecule has 0 unspecified atom stereocenters. The van der Waals surface area contributed by atoms with Crippen molar-refractivity contribution < 1.29 is 5.11 Å². The Bertz CT molecular complexity index is 959. The first-order chi connectivity index (χ1) is 12.2. The van der Waals surface area contributed by atoms with Gasteiger partial charge < -0.3 is 5.11 Å². The molecular weight excluding hydrogens is 457 g/mol. The summed E-state index contributed by atoms with van der Waals surface area (Å²) in [6.07, 6.45) is 0.321. The first-order valence-electron chi connectivity index (χ1n) is 7.36. The summed E-state index contributed by atoms with van der Waals surface area (Å²) in [7, 11) is 0. The minimum absolute atomic E-state index is 0.00148. The third-order valence-corrected chi connectivity index (χ3v) is 5.54. The van der Waals surface area contributed by atoms with E-state index in [1.807, 2.05) is 0 Å². The Kier molecular flexibility index (Phi) is 6.18. The highest BCUT2D eigenvalue weighted by atomic mass is 35.5. The Morgan fingerprint density at radius 1 is 0.615 bits per heavy atom. The van der Waals surface area contributed by atoms with Crippen LogP contribution in [0.5, 0.6) is 5.75 Å². The lowest BCUT2D eigenvalue weighted by molar-refractivity contribution is 0.470. The second-order valence-electron chi connectivity index (χ2n) is 5.66. The molecule has 0 radical (unpaired) electrons. The summed E-state index contributed by atoms with van der Waals surface area (Å²) in [5, 5.41) is 13.0. The number of aromatic hydroxyl groups is 1. The molecule has 0 saturated heterocycles. The van der Waals surface area contributed by atoms with E-state index >= 15 is 0 Å². The van der Waals surface area contributed by atoms with Gasteiger partial charge in [-0.25, -0.2) is 0 Å². The maximum absolute atomic E-state index is 10.5. The molecule has 7 heteroatoms. The average molecular weight is 467 g/mol. The van der Waals surface area contributed by atoms with Gasteiger partial charge in [0, 0.05) is 37.6 Å². The highest BCUT2D eigenvalue weighted by molar-refractivity contribution is 6.44. The molecule has 0 aliphatic carbocycles. The van der Waals surface area contributed by atoms with E-state index in [9.17, 15) is 5.11 Å². The van der Waals surface area contributed by atoms with Crippen LogP contribution in [0.1, 0.15) is 11.1 Å². The largest absolute Gasteiger partial charge is 0.508 e. The number of phenolic OH excluding ortho intramolecular Hbond substituents is 1. The van der Waals surface area contributed by atoms with Crippen LogP contribution in [-0.2, 0) is 6.42 Å². The van der Waals surface area contributed by atoms with Gasteiger partial charge in [0.25, 0.3) is 0 Å². The van der Waals surface area contributed by atoms with E-state index in [1.54, 1.807) is 36.4 Å². The van der Waals surface area contributed by atoms with Gasteiger partial charge in [0.05, 0.1) is 10.0 Å². The van der Waals surface area contributed by atoms with Crippen LogP contribution in [-0.4, -0.2) is 5.11 Å². The van der Waals surface area contributed by atoms with Crippen molar-refractivity contribution in [1.29, 1.82) is 0 Å². The summed E-state index contributed by atoms with van der Waals surface area (Å²) in [5.74, 6) is 0.00148. The Balaban J connectivity index is 2.08. The van der Waals surface area contributed by atoms with Crippen LogP contribution in [0.15, 0.2) is 42.5 Å². The molecular formula is C19H10Cl6O. The molecule has 1 N–H and O–H groups in total. The highest BCUT2D eigenvalue weighted by Crippen LogP contribution is 2.43. The fraction of sp³-hybridized carbons (Fsp3) is 0.0526. The van der Waals surface area contributed by atoms with E-state index in [4.69, 9.17) is 69.6 Å². The normalized spacial score (nSPS) is 11.0. The predicted octanol–water partition coefficient (Wildman–Crippen LogP) is 8.57. The summed E-state index contributed by atoms with van der Waals surface area (Å²) in [6, 6.07) is 11.7. The summed E-state index contributed by atoms with van der Waals surface area (Å²) in [6.45, 7) is 0. The molecule has 0 saturated carbocycles. The smallest absolute Gasteiger partial charge is 0.121 e. The standard InChI is InChI=1S/C19H10Cl6O/c20-11-1-9(2-12(21)6-11)3-16-17(26)8-15(18(24)19(16)25)10-4-13(22)7-14(23)5-10/h1-2,4-8,26H,3H2. The van der Waals surface area contributed by atoms with Crippen molar-refractivity contribution >= 4 is 69.6 Å². The van der Waals surface area contributed by atoms with Crippen LogP contribution >= 0.6 is 69.6 Å². The molecule has 3 aromatic rings. The maximum Gasteiger partial charge on any atom is 0.121 e. The van der Waals surface area contributed by atoms with Crippen molar-refractivity contribution in [1.82, 2.24) is 0 Å². The molecule has 0 spiro atoms. The Hall–Kier alpha value is -0.800. The van der Waals surface area contributed by atoms with Crippen molar-refractivity contribution in [2.45, 2.75) is 6.42 Å². The van der Waals surface area contributed by atoms with Crippen molar-refractivity contribution in [2.24, 2.45) is 0 Å². The van der Waals surface area contributed by atoms with Crippen molar-refractivity contribution in [3.63, 3.8) is 0 Å². The molecule has 0 fully saturated rings. The number of rotatable bonds is 3. The molecule has 3 rings (SSSR count). The molecule has 134 valence electrons. The van der Waals surface area contributed by atoms with Gasteiger partial charge in [0.2, 0.25) is 0 Å². The fourth-order valence-corrected chi connectivity index (χ4v) is 4.30. The lowest BCUT2D eigenvalue weighted by Gasteiger charge is -2.14. The van der Waals surface area contributed by atoms with Gasteiger partial charge in [-0.15, -0.1) is 0 Å². The quantitative estimate of drug-likeness (QED) is 0.409. The molecule has 0 heterocycles. The number of hydrogen-bond acceptors (Lipinski definition) is 1. The highest BCUT2D eigenvalue weighted by Gasteiger charge is 2.18. The van der Waals surface area contributed by atoms with Gasteiger partial charge in [-0.2, -0.15) is 0 Å². The molecule has 26 heavy (non-hydrogen) atoms. The van der Waals surface area contributed by atoms with Gasteiger partial charge in [-0.1, -0.05) is 69.6 Å². The number of benzene rings is 3. The predicted molar refractivity (Wildman–Crippen MR) is 113 cm³/mol. The lowest BCUT2D eigenvalue weighted by Crippen LogP contribution is -1.94. The topological polar surface area (TPSA) is 20.2 Å². The van der Waals surface area contributed by atoms with Gasteiger partial charge in [0.15, 0.2) is 0 Å². The third-order valence-electron chi connectivity index (χ3n) is 3.76. The number of hydrogen-bond donors (Lipinski definition) is 1. The lowest BCUT2D eigenvalue weighted by atomic mass is 9.99. The molecule has 0 aliphatic heterocycles. The van der Waals surface area contributed by atoms with Crippen LogP contribution in [0.25, 0.3) is 11.1 Å². The minimum atomic E-state index is 0.00148. The average Bonchev–Trinajstić information content (AvgIpc) is 2.53. The van der Waals surface area contributed by atoms with Gasteiger partial charge in [0.1, 0.15) is 5.75 Å². The van der Waals surface area contributed by atoms with Gasteiger partial charge >= 0.3 is 0 Å². The Labute approximate surface area is 181 Å². The fourth-order valence-electron chi connectivity index (χ4n) is 2.66. The van der Waals surface area contributed by atoms with Crippen LogP contribution in [0, 0.1) is 0 Å². The van der Waals surface area contributed by atoms with Crippen LogP contribution in [0.3, 0.4) is 0 Å². The van der Waals surface area contributed by atoms with E-state index in [0.29, 0.717) is 48.2 Å². The number of phenols is 1. The first-order valence-corrected chi connectivity index (χ1v) is 9.62. The third kappa shape index (κ3) is 4.36. The zero-order valence-electron chi connectivity index (χ0n) is 13.0. The molecule has 0 atom stereocenters. The van der Waals surface area contributed by atoms with E-state index in [2.05, 4.69) is 0 Å². The monoisotopic (exact) mass is 464 g/mol. The SMILES string of the molecule is Oc1cc(-c2cc(Cl)cc(Cl)c2)c(Cl)c(Cl)c1Cc1cc(Cl)cc(Cl)c1. The van der Waals surface area contributed by atoms with Gasteiger partial charge in [-0.3, -0.25) is 0 Å². The van der Waals surface area contributed by atoms with E-state index in [0.717, 1.165) is 5.56 Å². The molecule has 1 nitrogen and oxygen atoms in total. The second kappa shape index (κ2) is 8.06. The Morgan fingerprint density at radius 3 is 1.65 bits per heavy atom. The van der Waals surface area contributed by atoms with Crippen LogP contribution < -0.4 is 0 Å². The van der Waals surface area contributed by atoms with E-state index < -0.39 is 0 Å². The van der Waals surface area contributed by atoms with Gasteiger partial charge in [-0.05, 0) is 53.6 Å². The zero-order valence-corrected chi connectivity index (χ0v) is 17.5. The Morgan fingerprint density at radius 2 is 1.12 bits per heavy atom. The van der Waals surface area contributed by atoms with E-state index in [-0.39, 0.29) is 10.8 Å². The van der Waals surface area contributed by atoms with Crippen molar-refractivity contribution in [3.8, 4) is 16.9 Å². The summed E-state index contributed by atoms with van der Waals surface area (Å²) < 4.78 is 0. The maximum atomic E-state index is 10.5. The molecule has 0 aliphatic rings. The molecule has 3 aromatic carbocycles. The molecule has 0 amide bonds. The minimum Gasteiger partial charge on any atom is -0.508 e. The second-order valence-corrected chi connectivity index (χ2v) is 8.16.